The zero-order valence-corrected chi connectivity index (χ0v) is 23.9. The van der Waals surface area contributed by atoms with E-state index >= 15 is 0 Å². The van der Waals surface area contributed by atoms with E-state index in [1.807, 2.05) is 54.6 Å². The molecule has 42 heavy (non-hydrogen) atoms. The lowest BCUT2D eigenvalue weighted by atomic mass is 9.91. The van der Waals surface area contributed by atoms with Crippen LogP contribution in [0.25, 0.3) is 10.9 Å². The molecule has 5 atom stereocenters. The first-order valence-corrected chi connectivity index (χ1v) is 15.1. The first-order valence-electron chi connectivity index (χ1n) is 15.1. The first kappa shape index (κ1) is 28.0. The maximum atomic E-state index is 14.0. The number of ether oxygens (including phenoxy) is 1. The second kappa shape index (κ2) is 12.0. The quantitative estimate of drug-likeness (QED) is 0.341. The van der Waals surface area contributed by atoms with Crippen LogP contribution in [0.4, 0.5) is 0 Å². The summed E-state index contributed by atoms with van der Waals surface area (Å²) in [6.07, 6.45) is 4.07. The van der Waals surface area contributed by atoms with E-state index in [0.29, 0.717) is 37.6 Å². The molecule has 2 aliphatic heterocycles. The third-order valence-electron chi connectivity index (χ3n) is 9.25. The molecule has 0 spiro atoms. The van der Waals surface area contributed by atoms with E-state index in [1.165, 1.54) is 0 Å². The molecule has 3 aliphatic rings. The van der Waals surface area contributed by atoms with Gasteiger partial charge in [0.05, 0.1) is 6.04 Å². The molecule has 6 rings (SSSR count). The number of carbonyl (C=O) groups is 4. The van der Waals surface area contributed by atoms with Gasteiger partial charge in [0.15, 0.2) is 5.78 Å². The minimum absolute atomic E-state index is 0.0512. The minimum atomic E-state index is -0.744. The Bertz CT molecular complexity index is 1480. The number of likely N-dealkylation sites (tertiary alicyclic amines) is 1. The van der Waals surface area contributed by atoms with Crippen LogP contribution in [0.1, 0.15) is 61.5 Å². The van der Waals surface area contributed by atoms with Gasteiger partial charge in [-0.3, -0.25) is 19.2 Å². The van der Waals surface area contributed by atoms with E-state index in [4.69, 9.17) is 4.74 Å². The highest BCUT2D eigenvalue weighted by molar-refractivity contribution is 6.02. The van der Waals surface area contributed by atoms with Crippen LogP contribution in [-0.4, -0.2) is 58.6 Å². The number of aromatic amines is 1. The van der Waals surface area contributed by atoms with Crippen molar-refractivity contribution in [2.45, 2.75) is 64.1 Å². The Hall–Kier alpha value is -4.14. The number of H-pyrrole nitrogens is 1. The molecule has 9 nitrogen and oxygen atoms in total. The summed E-state index contributed by atoms with van der Waals surface area (Å²) in [5, 5.41) is 6.60. The molecule has 9 heteroatoms. The van der Waals surface area contributed by atoms with Crippen molar-refractivity contribution in [2.24, 2.45) is 17.8 Å². The van der Waals surface area contributed by atoms with Gasteiger partial charge in [0.2, 0.25) is 11.8 Å². The number of hydrogen-bond donors (Lipinski definition) is 3. The smallest absolute Gasteiger partial charge is 0.271 e. The number of aromatic nitrogens is 1. The lowest BCUT2D eigenvalue weighted by molar-refractivity contribution is -0.132. The summed E-state index contributed by atoms with van der Waals surface area (Å²) in [7, 11) is 0. The molecular formula is C33H38N4O5. The van der Waals surface area contributed by atoms with Crippen molar-refractivity contribution in [1.29, 1.82) is 0 Å². The third kappa shape index (κ3) is 5.52. The topological polar surface area (TPSA) is 121 Å². The Balaban J connectivity index is 1.22. The summed E-state index contributed by atoms with van der Waals surface area (Å²) in [4.78, 5) is 57.9. The molecule has 3 N–H and O–H groups in total. The predicted molar refractivity (Wildman–Crippen MR) is 158 cm³/mol. The van der Waals surface area contributed by atoms with Crippen molar-refractivity contribution >= 4 is 34.4 Å². The van der Waals surface area contributed by atoms with Gasteiger partial charge in [0.1, 0.15) is 24.1 Å². The van der Waals surface area contributed by atoms with Crippen LogP contribution in [0, 0.1) is 17.8 Å². The van der Waals surface area contributed by atoms with E-state index in [1.54, 1.807) is 11.8 Å². The van der Waals surface area contributed by atoms with Gasteiger partial charge in [-0.1, -0.05) is 49.7 Å². The van der Waals surface area contributed by atoms with Gasteiger partial charge < -0.3 is 25.3 Å². The Labute approximate surface area is 245 Å². The zero-order valence-electron chi connectivity index (χ0n) is 23.9. The second-order valence-corrected chi connectivity index (χ2v) is 11.8. The number of carbonyl (C=O) groups excluding carboxylic acids is 4. The monoisotopic (exact) mass is 570 g/mol. The Morgan fingerprint density at radius 3 is 2.67 bits per heavy atom. The van der Waals surface area contributed by atoms with Crippen LogP contribution >= 0.6 is 0 Å². The van der Waals surface area contributed by atoms with Gasteiger partial charge in [0.25, 0.3) is 5.91 Å². The maximum absolute atomic E-state index is 14.0. The number of amides is 3. The van der Waals surface area contributed by atoms with Crippen molar-refractivity contribution in [3.05, 3.63) is 65.9 Å². The maximum Gasteiger partial charge on any atom is 0.271 e. The van der Waals surface area contributed by atoms with Gasteiger partial charge >= 0.3 is 0 Å². The van der Waals surface area contributed by atoms with Crippen LogP contribution in [0.2, 0.25) is 0 Å². The SMILES string of the molecule is CCC(=O)C(CC1CCNC1=O)NC(=O)C1C2CCCC2CN1C(=O)c1cc2c(OCc3ccccc3)cccc2[nH]1. The lowest BCUT2D eigenvalue weighted by Gasteiger charge is -2.29. The van der Waals surface area contributed by atoms with Gasteiger partial charge in [-0.05, 0) is 61.3 Å². The molecule has 1 aliphatic carbocycles. The largest absolute Gasteiger partial charge is 0.488 e. The van der Waals surface area contributed by atoms with Gasteiger partial charge in [-0.25, -0.2) is 0 Å². The fourth-order valence-electron chi connectivity index (χ4n) is 7.04. The van der Waals surface area contributed by atoms with Gasteiger partial charge in [0, 0.05) is 36.3 Å². The van der Waals surface area contributed by atoms with Crippen LogP contribution in [0.3, 0.4) is 0 Å². The first-order chi connectivity index (χ1) is 20.4. The number of hydrogen-bond acceptors (Lipinski definition) is 5. The molecule has 220 valence electrons. The highest BCUT2D eigenvalue weighted by atomic mass is 16.5. The summed E-state index contributed by atoms with van der Waals surface area (Å²) in [5.74, 6) is -0.0189. The Kier molecular flexibility index (Phi) is 8.00. The van der Waals surface area contributed by atoms with Crippen molar-refractivity contribution in [3.8, 4) is 5.75 Å². The predicted octanol–water partition coefficient (Wildman–Crippen LogP) is 3.98. The summed E-state index contributed by atoms with van der Waals surface area (Å²) in [5.41, 5.74) is 2.24. The van der Waals surface area contributed by atoms with Crippen LogP contribution < -0.4 is 15.4 Å². The lowest BCUT2D eigenvalue weighted by Crippen LogP contribution is -2.53. The molecule has 0 radical (unpaired) electrons. The molecule has 3 aromatic rings. The fourth-order valence-corrected chi connectivity index (χ4v) is 7.04. The molecule has 1 saturated carbocycles. The Morgan fingerprint density at radius 2 is 1.90 bits per heavy atom. The number of nitrogens with zero attached hydrogens (tertiary/aromatic N) is 1. The van der Waals surface area contributed by atoms with Crippen molar-refractivity contribution in [2.75, 3.05) is 13.1 Å². The van der Waals surface area contributed by atoms with E-state index in [9.17, 15) is 19.2 Å². The van der Waals surface area contributed by atoms with E-state index in [0.717, 1.165) is 35.7 Å². The molecule has 2 aromatic carbocycles. The number of benzene rings is 2. The summed E-state index contributed by atoms with van der Waals surface area (Å²) >= 11 is 0. The van der Waals surface area contributed by atoms with Crippen LogP contribution in [0.5, 0.6) is 5.75 Å². The average molecular weight is 571 g/mol. The molecule has 3 heterocycles. The summed E-state index contributed by atoms with van der Waals surface area (Å²) in [6, 6.07) is 16.0. The van der Waals surface area contributed by atoms with Crippen molar-refractivity contribution in [1.82, 2.24) is 20.5 Å². The summed E-state index contributed by atoms with van der Waals surface area (Å²) in [6.45, 7) is 3.27. The molecule has 1 aromatic heterocycles. The van der Waals surface area contributed by atoms with Gasteiger partial charge in [-0.15, -0.1) is 0 Å². The minimum Gasteiger partial charge on any atom is -0.488 e. The third-order valence-corrected chi connectivity index (χ3v) is 9.25. The number of rotatable bonds is 10. The molecule has 0 bridgehead atoms. The summed E-state index contributed by atoms with van der Waals surface area (Å²) < 4.78 is 6.11. The number of ketones is 1. The van der Waals surface area contributed by atoms with E-state index in [-0.39, 0.29) is 54.1 Å². The molecule has 3 amide bonds. The highest BCUT2D eigenvalue weighted by Gasteiger charge is 2.50. The zero-order chi connectivity index (χ0) is 29.2. The average Bonchev–Trinajstić information content (AvgIpc) is 3.79. The highest BCUT2D eigenvalue weighted by Crippen LogP contribution is 2.43. The van der Waals surface area contributed by atoms with Gasteiger partial charge in [-0.2, -0.15) is 0 Å². The number of Topliss-reactive ketones (excluding diaryl/α,β-unsaturated/α-hetero) is 1. The van der Waals surface area contributed by atoms with Crippen LogP contribution in [-0.2, 0) is 21.0 Å². The molecular weight excluding hydrogens is 532 g/mol. The molecule has 2 saturated heterocycles. The molecule has 5 unspecified atom stereocenters. The van der Waals surface area contributed by atoms with E-state index < -0.39 is 12.1 Å². The van der Waals surface area contributed by atoms with E-state index in [2.05, 4.69) is 15.6 Å². The number of fused-ring (bicyclic) bond motifs is 2. The fraction of sp³-hybridized carbons (Fsp3) is 0.455. The van der Waals surface area contributed by atoms with Crippen molar-refractivity contribution < 1.29 is 23.9 Å². The normalized spacial score (nSPS) is 23.9. The second-order valence-electron chi connectivity index (χ2n) is 11.8. The molecule has 3 fully saturated rings. The Morgan fingerprint density at radius 1 is 1.07 bits per heavy atom. The van der Waals surface area contributed by atoms with Crippen LogP contribution in [0.15, 0.2) is 54.6 Å². The van der Waals surface area contributed by atoms with Crippen molar-refractivity contribution in [3.63, 3.8) is 0 Å². The standard InChI is InChI=1S/C33H38N4O5/c1-2-28(38)26(16-21-14-15-34-31(21)39)36-32(40)30-23-11-6-10-22(23)18-37(30)33(41)27-17-24-25(35-27)12-7-13-29(24)42-19-20-8-4-3-5-9-20/h3-5,7-9,12-13,17,21-23,26,30,35H,2,6,10-11,14-16,18-19H2,1H3,(H,34,39)(H,36,40). The number of nitrogens with one attached hydrogen (secondary N) is 3.